The van der Waals surface area contributed by atoms with E-state index in [1.54, 1.807) is 36.5 Å². The molecular formula is C14H14ClN3O2. The van der Waals surface area contributed by atoms with Crippen molar-refractivity contribution < 1.29 is 4.74 Å². The minimum absolute atomic E-state index is 0.0889. The molecule has 2 aromatic rings. The average molecular weight is 292 g/mol. The first-order valence-electron chi connectivity index (χ1n) is 6.01. The summed E-state index contributed by atoms with van der Waals surface area (Å²) in [6.07, 6.45) is 1.69. The van der Waals surface area contributed by atoms with Crippen molar-refractivity contribution in [1.29, 1.82) is 5.41 Å². The summed E-state index contributed by atoms with van der Waals surface area (Å²) >= 11 is 5.99. The van der Waals surface area contributed by atoms with Crippen LogP contribution in [0.4, 0.5) is 0 Å². The highest BCUT2D eigenvalue weighted by atomic mass is 35.5. The van der Waals surface area contributed by atoms with Gasteiger partial charge in [0, 0.05) is 12.3 Å². The van der Waals surface area contributed by atoms with Gasteiger partial charge in [-0.15, -0.1) is 0 Å². The van der Waals surface area contributed by atoms with Crippen molar-refractivity contribution in [2.75, 3.05) is 6.61 Å². The van der Waals surface area contributed by atoms with Gasteiger partial charge in [0.15, 0.2) is 0 Å². The molecule has 0 saturated carbocycles. The number of hydrogen-bond acceptors (Lipinski definition) is 3. The topological polar surface area (TPSA) is 81.1 Å². The number of nitrogen functional groups attached to an aromatic ring is 1. The number of halogens is 1. The van der Waals surface area contributed by atoms with Crippen LogP contribution in [-0.4, -0.2) is 17.0 Å². The van der Waals surface area contributed by atoms with Crippen LogP contribution in [-0.2, 0) is 6.54 Å². The monoisotopic (exact) mass is 291 g/mol. The molecule has 0 amide bonds. The summed E-state index contributed by atoms with van der Waals surface area (Å²) in [5.41, 5.74) is 5.77. The van der Waals surface area contributed by atoms with Crippen LogP contribution in [0.2, 0.25) is 5.02 Å². The van der Waals surface area contributed by atoms with Gasteiger partial charge in [-0.05, 0) is 18.2 Å². The predicted molar refractivity (Wildman–Crippen MR) is 78.7 cm³/mol. The fourth-order valence-corrected chi connectivity index (χ4v) is 2.05. The summed E-state index contributed by atoms with van der Waals surface area (Å²) in [5.74, 6) is 0.288. The number of nitrogens with two attached hydrogens (primary N) is 1. The molecule has 1 aromatic heterocycles. The van der Waals surface area contributed by atoms with E-state index in [-0.39, 0.29) is 18.0 Å². The number of nitrogens with zero attached hydrogens (tertiary/aromatic N) is 1. The smallest absolute Gasteiger partial charge is 0.250 e. The van der Waals surface area contributed by atoms with E-state index in [2.05, 4.69) is 0 Å². The maximum Gasteiger partial charge on any atom is 0.250 e. The number of benzene rings is 1. The van der Waals surface area contributed by atoms with Crippen molar-refractivity contribution in [2.45, 2.75) is 6.54 Å². The van der Waals surface area contributed by atoms with Gasteiger partial charge in [0.05, 0.1) is 17.1 Å². The minimum atomic E-state index is -0.150. The normalized spacial score (nSPS) is 10.2. The van der Waals surface area contributed by atoms with E-state index in [9.17, 15) is 4.79 Å². The molecule has 1 heterocycles. The van der Waals surface area contributed by atoms with E-state index in [1.165, 1.54) is 10.6 Å². The van der Waals surface area contributed by atoms with E-state index in [4.69, 9.17) is 27.5 Å². The Balaban J connectivity index is 2.09. The molecule has 104 valence electrons. The molecule has 0 unspecified atom stereocenters. The van der Waals surface area contributed by atoms with Gasteiger partial charge in [-0.25, -0.2) is 0 Å². The molecule has 0 fully saturated rings. The van der Waals surface area contributed by atoms with E-state index in [0.29, 0.717) is 22.9 Å². The highest BCUT2D eigenvalue weighted by Crippen LogP contribution is 2.25. The maximum atomic E-state index is 11.5. The second-order valence-corrected chi connectivity index (χ2v) is 4.51. The van der Waals surface area contributed by atoms with Crippen molar-refractivity contribution >= 4 is 17.4 Å². The zero-order chi connectivity index (χ0) is 14.5. The Hall–Kier alpha value is -2.27. The van der Waals surface area contributed by atoms with Crippen molar-refractivity contribution in [1.82, 2.24) is 4.57 Å². The highest BCUT2D eigenvalue weighted by molar-refractivity contribution is 6.34. The van der Waals surface area contributed by atoms with Crippen LogP contribution in [0.5, 0.6) is 5.75 Å². The number of ether oxygens (including phenoxy) is 1. The molecule has 20 heavy (non-hydrogen) atoms. The summed E-state index contributed by atoms with van der Waals surface area (Å²) in [7, 11) is 0. The van der Waals surface area contributed by atoms with Crippen LogP contribution < -0.4 is 16.0 Å². The molecule has 2 rings (SSSR count). The molecule has 0 saturated heterocycles. The van der Waals surface area contributed by atoms with Gasteiger partial charge in [-0.1, -0.05) is 23.7 Å². The third kappa shape index (κ3) is 3.19. The van der Waals surface area contributed by atoms with Crippen LogP contribution >= 0.6 is 11.6 Å². The average Bonchev–Trinajstić information content (AvgIpc) is 2.40. The fraction of sp³-hybridized carbons (Fsp3) is 0.143. The predicted octanol–water partition coefficient (Wildman–Crippen LogP) is 1.86. The Labute approximate surface area is 121 Å². The van der Waals surface area contributed by atoms with Gasteiger partial charge in [0.2, 0.25) is 0 Å². The van der Waals surface area contributed by atoms with Crippen molar-refractivity contribution in [3.05, 3.63) is 63.5 Å². The Morgan fingerprint density at radius 3 is 2.80 bits per heavy atom. The molecule has 0 bridgehead atoms. The largest absolute Gasteiger partial charge is 0.491 e. The molecule has 0 aliphatic heterocycles. The van der Waals surface area contributed by atoms with E-state index >= 15 is 0 Å². The third-order valence-corrected chi connectivity index (χ3v) is 3.05. The van der Waals surface area contributed by atoms with Crippen molar-refractivity contribution in [2.24, 2.45) is 5.73 Å². The lowest BCUT2D eigenvalue weighted by molar-refractivity contribution is 0.296. The lowest BCUT2D eigenvalue weighted by Crippen LogP contribution is -2.22. The molecule has 0 atom stereocenters. The molecule has 1 aromatic carbocycles. The first-order valence-corrected chi connectivity index (χ1v) is 6.38. The van der Waals surface area contributed by atoms with Crippen LogP contribution in [0, 0.1) is 5.41 Å². The second-order valence-electron chi connectivity index (χ2n) is 4.11. The standard InChI is InChI=1S/C14H14ClN3O2/c15-10-4-3-5-11(13(10)14(16)17)20-9-8-18-7-2-1-6-12(18)19/h1-7H,8-9H2,(H3,16,17). The molecule has 0 aliphatic carbocycles. The zero-order valence-corrected chi connectivity index (χ0v) is 11.4. The summed E-state index contributed by atoms with van der Waals surface area (Å²) < 4.78 is 7.11. The van der Waals surface area contributed by atoms with Gasteiger partial charge in [0.1, 0.15) is 18.2 Å². The van der Waals surface area contributed by atoms with Gasteiger partial charge in [-0.2, -0.15) is 0 Å². The number of hydrogen-bond donors (Lipinski definition) is 2. The lowest BCUT2D eigenvalue weighted by Gasteiger charge is -2.12. The Kier molecular flexibility index (Phi) is 4.42. The van der Waals surface area contributed by atoms with Gasteiger partial charge < -0.3 is 15.0 Å². The molecular weight excluding hydrogens is 278 g/mol. The van der Waals surface area contributed by atoms with Gasteiger partial charge in [-0.3, -0.25) is 10.2 Å². The Morgan fingerprint density at radius 2 is 2.10 bits per heavy atom. The number of rotatable bonds is 5. The van der Waals surface area contributed by atoms with Gasteiger partial charge >= 0.3 is 0 Å². The SMILES string of the molecule is N=C(N)c1c(Cl)cccc1OCCn1ccccc1=O. The lowest BCUT2D eigenvalue weighted by atomic mass is 10.2. The first kappa shape index (κ1) is 14.1. The van der Waals surface area contributed by atoms with Crippen LogP contribution in [0.1, 0.15) is 5.56 Å². The summed E-state index contributed by atoms with van der Waals surface area (Å²) in [6.45, 7) is 0.689. The zero-order valence-electron chi connectivity index (χ0n) is 10.7. The molecule has 0 aliphatic rings. The van der Waals surface area contributed by atoms with E-state index in [1.807, 2.05) is 0 Å². The summed E-state index contributed by atoms with van der Waals surface area (Å²) in [4.78, 5) is 11.5. The number of aromatic nitrogens is 1. The molecule has 0 spiro atoms. The van der Waals surface area contributed by atoms with Crippen molar-refractivity contribution in [3.8, 4) is 5.75 Å². The van der Waals surface area contributed by atoms with Crippen LogP contribution in [0.25, 0.3) is 0 Å². The molecule has 3 N–H and O–H groups in total. The Morgan fingerprint density at radius 1 is 1.30 bits per heavy atom. The number of nitrogens with one attached hydrogen (secondary N) is 1. The third-order valence-electron chi connectivity index (χ3n) is 2.73. The van der Waals surface area contributed by atoms with E-state index < -0.39 is 0 Å². The van der Waals surface area contributed by atoms with E-state index in [0.717, 1.165) is 0 Å². The molecule has 6 heteroatoms. The quantitative estimate of drug-likeness (QED) is 0.652. The van der Waals surface area contributed by atoms with Gasteiger partial charge in [0.25, 0.3) is 5.56 Å². The van der Waals surface area contributed by atoms with Crippen LogP contribution in [0.15, 0.2) is 47.4 Å². The molecule has 5 nitrogen and oxygen atoms in total. The maximum absolute atomic E-state index is 11.5. The first-order chi connectivity index (χ1) is 9.59. The highest BCUT2D eigenvalue weighted by Gasteiger charge is 2.10. The number of pyridine rings is 1. The summed E-state index contributed by atoms with van der Waals surface area (Å²) in [6, 6.07) is 10.0. The second kappa shape index (κ2) is 6.25. The number of amidine groups is 1. The summed E-state index contributed by atoms with van der Waals surface area (Å²) in [5, 5.41) is 7.88. The molecule has 0 radical (unpaired) electrons. The minimum Gasteiger partial charge on any atom is -0.491 e. The van der Waals surface area contributed by atoms with Crippen LogP contribution in [0.3, 0.4) is 0 Å². The Bertz CT molecular complexity index is 682. The fourth-order valence-electron chi connectivity index (χ4n) is 1.79. The van der Waals surface area contributed by atoms with Crippen molar-refractivity contribution in [3.63, 3.8) is 0 Å².